The van der Waals surface area contributed by atoms with Crippen molar-refractivity contribution in [2.75, 3.05) is 39.3 Å². The van der Waals surface area contributed by atoms with Crippen LogP contribution in [0.1, 0.15) is 32.6 Å². The zero-order valence-corrected chi connectivity index (χ0v) is 15.3. The minimum atomic E-state index is 0.124. The minimum Gasteiger partial charge on any atom is -0.492 e. The maximum atomic E-state index is 12.5. The van der Waals surface area contributed by atoms with Crippen LogP contribution in [0.2, 0.25) is 0 Å². The van der Waals surface area contributed by atoms with Gasteiger partial charge in [-0.2, -0.15) is 0 Å². The minimum absolute atomic E-state index is 0.124. The zero-order chi connectivity index (χ0) is 17.5. The Kier molecular flexibility index (Phi) is 6.56. The molecule has 2 aliphatic rings. The van der Waals surface area contributed by atoms with E-state index in [4.69, 9.17) is 4.74 Å². The van der Waals surface area contributed by atoms with E-state index in [1.165, 1.54) is 19.3 Å². The number of carbonyl (C=O) groups excluding carboxylic acids is 1. The number of ether oxygens (including phenoxy) is 1. The van der Waals surface area contributed by atoms with E-state index in [9.17, 15) is 4.79 Å². The molecule has 2 amide bonds. The molecule has 1 aromatic rings. The largest absolute Gasteiger partial charge is 0.492 e. The summed E-state index contributed by atoms with van der Waals surface area (Å²) in [5, 5.41) is 3.26. The van der Waals surface area contributed by atoms with E-state index in [1.54, 1.807) is 0 Å². The molecule has 1 saturated carbocycles. The summed E-state index contributed by atoms with van der Waals surface area (Å²) in [7, 11) is 0. The molecule has 0 aromatic heterocycles. The number of piperazine rings is 1. The average Bonchev–Trinajstić information content (AvgIpc) is 2.65. The lowest BCUT2D eigenvalue weighted by atomic mass is 9.86. The van der Waals surface area contributed by atoms with E-state index < -0.39 is 0 Å². The average molecular weight is 345 g/mol. The van der Waals surface area contributed by atoms with E-state index in [0.29, 0.717) is 18.6 Å². The molecular weight excluding hydrogens is 314 g/mol. The highest BCUT2D eigenvalue weighted by molar-refractivity contribution is 5.74. The standard InChI is InChI=1S/C20H31N3O2/c1-17-7-5-6-10-19(17)21-20(24)23-13-11-22(12-14-23)15-16-25-18-8-3-2-4-9-18/h2-4,8-9,17,19H,5-7,10-16H2,1H3,(H,21,24). The number of nitrogens with zero attached hydrogens (tertiary/aromatic N) is 2. The molecule has 1 N–H and O–H groups in total. The Bertz CT molecular complexity index is 529. The molecule has 1 aromatic carbocycles. The van der Waals surface area contributed by atoms with Crippen molar-refractivity contribution >= 4 is 6.03 Å². The highest BCUT2D eigenvalue weighted by Crippen LogP contribution is 2.23. The molecule has 0 bridgehead atoms. The van der Waals surface area contributed by atoms with Gasteiger partial charge >= 0.3 is 6.03 Å². The molecular formula is C20H31N3O2. The van der Waals surface area contributed by atoms with Crippen LogP contribution in [-0.2, 0) is 0 Å². The molecule has 2 fully saturated rings. The van der Waals surface area contributed by atoms with Gasteiger partial charge in [0.05, 0.1) is 0 Å². The van der Waals surface area contributed by atoms with Gasteiger partial charge in [0.25, 0.3) is 0 Å². The molecule has 3 rings (SSSR count). The molecule has 138 valence electrons. The van der Waals surface area contributed by atoms with Gasteiger partial charge in [-0.05, 0) is 30.9 Å². The summed E-state index contributed by atoms with van der Waals surface area (Å²) in [5.74, 6) is 1.52. The molecule has 5 nitrogen and oxygen atoms in total. The number of nitrogens with one attached hydrogen (secondary N) is 1. The second-order valence-corrected chi connectivity index (χ2v) is 7.31. The van der Waals surface area contributed by atoms with Gasteiger partial charge in [0.15, 0.2) is 0 Å². The predicted octanol–water partition coefficient (Wildman–Crippen LogP) is 2.97. The Morgan fingerprint density at radius 1 is 1.12 bits per heavy atom. The number of benzene rings is 1. The number of amides is 2. The first-order valence-electron chi connectivity index (χ1n) is 9.68. The Hall–Kier alpha value is -1.75. The third-order valence-corrected chi connectivity index (χ3v) is 5.50. The molecule has 1 aliphatic heterocycles. The van der Waals surface area contributed by atoms with E-state index in [-0.39, 0.29) is 6.03 Å². The highest BCUT2D eigenvalue weighted by Gasteiger charge is 2.26. The van der Waals surface area contributed by atoms with Crippen molar-refractivity contribution in [1.29, 1.82) is 0 Å². The highest BCUT2D eigenvalue weighted by atomic mass is 16.5. The van der Waals surface area contributed by atoms with Crippen LogP contribution in [0.5, 0.6) is 5.75 Å². The summed E-state index contributed by atoms with van der Waals surface area (Å²) < 4.78 is 5.76. The van der Waals surface area contributed by atoms with Crippen LogP contribution >= 0.6 is 0 Å². The van der Waals surface area contributed by atoms with Gasteiger partial charge in [-0.25, -0.2) is 4.79 Å². The van der Waals surface area contributed by atoms with Gasteiger partial charge in [0, 0.05) is 38.8 Å². The van der Waals surface area contributed by atoms with E-state index in [1.807, 2.05) is 35.2 Å². The monoisotopic (exact) mass is 345 g/mol. The molecule has 5 heteroatoms. The van der Waals surface area contributed by atoms with Crippen LogP contribution in [0.4, 0.5) is 4.79 Å². The van der Waals surface area contributed by atoms with Crippen molar-refractivity contribution in [3.63, 3.8) is 0 Å². The number of para-hydroxylation sites is 1. The maximum Gasteiger partial charge on any atom is 0.317 e. The van der Waals surface area contributed by atoms with Gasteiger partial charge in [-0.3, -0.25) is 4.90 Å². The summed E-state index contributed by atoms with van der Waals surface area (Å²) >= 11 is 0. The normalized spacial score (nSPS) is 24.8. The van der Waals surface area contributed by atoms with Gasteiger partial charge < -0.3 is 15.0 Å². The molecule has 1 saturated heterocycles. The van der Waals surface area contributed by atoms with Crippen LogP contribution in [0.15, 0.2) is 30.3 Å². The first kappa shape index (κ1) is 18.1. The number of carbonyl (C=O) groups is 1. The van der Waals surface area contributed by atoms with Gasteiger partial charge in [0.1, 0.15) is 12.4 Å². The van der Waals surface area contributed by atoms with Crippen LogP contribution in [-0.4, -0.2) is 61.2 Å². The number of urea groups is 1. The molecule has 0 radical (unpaired) electrons. The van der Waals surface area contributed by atoms with E-state index >= 15 is 0 Å². The number of hydrogen-bond acceptors (Lipinski definition) is 3. The lowest BCUT2D eigenvalue weighted by Crippen LogP contribution is -2.55. The van der Waals surface area contributed by atoms with Gasteiger partial charge in [0.2, 0.25) is 0 Å². The number of rotatable bonds is 5. The second-order valence-electron chi connectivity index (χ2n) is 7.31. The Morgan fingerprint density at radius 2 is 1.84 bits per heavy atom. The topological polar surface area (TPSA) is 44.8 Å². The van der Waals surface area contributed by atoms with Crippen LogP contribution in [0.25, 0.3) is 0 Å². The smallest absolute Gasteiger partial charge is 0.317 e. The zero-order valence-electron chi connectivity index (χ0n) is 15.3. The van der Waals surface area contributed by atoms with Gasteiger partial charge in [-0.1, -0.05) is 38.0 Å². The summed E-state index contributed by atoms with van der Waals surface area (Å²) in [5.41, 5.74) is 0. The first-order valence-corrected chi connectivity index (χ1v) is 9.68. The lowest BCUT2D eigenvalue weighted by molar-refractivity contribution is 0.121. The van der Waals surface area contributed by atoms with Crippen molar-refractivity contribution < 1.29 is 9.53 Å². The first-order chi connectivity index (χ1) is 12.2. The molecule has 1 heterocycles. The SMILES string of the molecule is CC1CCCCC1NC(=O)N1CCN(CCOc2ccccc2)CC1. The van der Waals surface area contributed by atoms with Crippen LogP contribution in [0.3, 0.4) is 0 Å². The van der Waals surface area contributed by atoms with E-state index in [0.717, 1.165) is 44.9 Å². The quantitative estimate of drug-likeness (QED) is 0.892. The third kappa shape index (κ3) is 5.36. The summed E-state index contributed by atoms with van der Waals surface area (Å²) in [4.78, 5) is 16.8. The van der Waals surface area contributed by atoms with Gasteiger partial charge in [-0.15, -0.1) is 0 Å². The fourth-order valence-electron chi connectivity index (χ4n) is 3.76. The van der Waals surface area contributed by atoms with Crippen LogP contribution in [0, 0.1) is 5.92 Å². The van der Waals surface area contributed by atoms with Crippen molar-refractivity contribution in [1.82, 2.24) is 15.1 Å². The molecule has 2 atom stereocenters. The van der Waals surface area contributed by atoms with Crippen LogP contribution < -0.4 is 10.1 Å². The molecule has 2 unspecified atom stereocenters. The molecule has 25 heavy (non-hydrogen) atoms. The Balaban J connectivity index is 1.34. The molecule has 0 spiro atoms. The van der Waals surface area contributed by atoms with Crippen molar-refractivity contribution in [2.24, 2.45) is 5.92 Å². The lowest BCUT2D eigenvalue weighted by Gasteiger charge is -2.37. The fourth-order valence-corrected chi connectivity index (χ4v) is 3.76. The second kappa shape index (κ2) is 9.09. The molecule has 1 aliphatic carbocycles. The van der Waals surface area contributed by atoms with Crippen molar-refractivity contribution in [2.45, 2.75) is 38.6 Å². The van der Waals surface area contributed by atoms with Crippen molar-refractivity contribution in [3.05, 3.63) is 30.3 Å². The predicted molar refractivity (Wildman–Crippen MR) is 99.9 cm³/mol. The van der Waals surface area contributed by atoms with E-state index in [2.05, 4.69) is 17.1 Å². The third-order valence-electron chi connectivity index (χ3n) is 5.50. The summed E-state index contributed by atoms with van der Waals surface area (Å²) in [6.07, 6.45) is 4.91. The number of hydrogen-bond donors (Lipinski definition) is 1. The van der Waals surface area contributed by atoms with Crippen molar-refractivity contribution in [3.8, 4) is 5.75 Å². The summed E-state index contributed by atoms with van der Waals surface area (Å²) in [6, 6.07) is 10.4. The Labute approximate surface area is 151 Å². The Morgan fingerprint density at radius 3 is 2.56 bits per heavy atom. The maximum absolute atomic E-state index is 12.5. The summed E-state index contributed by atoms with van der Waals surface area (Å²) in [6.45, 7) is 7.31. The fraction of sp³-hybridized carbons (Fsp3) is 0.650.